The lowest BCUT2D eigenvalue weighted by molar-refractivity contribution is 0.421. The van der Waals surface area contributed by atoms with Crippen LogP contribution in [0.1, 0.15) is 23.9 Å². The van der Waals surface area contributed by atoms with E-state index in [1.54, 1.807) is 0 Å². The van der Waals surface area contributed by atoms with Gasteiger partial charge >= 0.3 is 0 Å². The average molecular weight is 326 g/mol. The van der Waals surface area contributed by atoms with Gasteiger partial charge in [0.25, 0.3) is 5.89 Å². The number of halogens is 1. The highest BCUT2D eigenvalue weighted by atomic mass is 79.9. The summed E-state index contributed by atoms with van der Waals surface area (Å²) >= 11 is 5.30. The maximum Gasteiger partial charge on any atom is 0.258 e. The number of thioether (sulfide) groups is 1. The van der Waals surface area contributed by atoms with Crippen molar-refractivity contribution >= 4 is 33.4 Å². The molecule has 6 heteroatoms. The second-order valence-corrected chi connectivity index (χ2v) is 6.46. The van der Waals surface area contributed by atoms with Gasteiger partial charge in [-0.25, -0.2) is 0 Å². The summed E-state index contributed by atoms with van der Waals surface area (Å²) in [4.78, 5) is 4.47. The van der Waals surface area contributed by atoms with E-state index in [4.69, 9.17) is 10.3 Å². The van der Waals surface area contributed by atoms with Crippen molar-refractivity contribution in [2.45, 2.75) is 18.1 Å². The highest BCUT2D eigenvalue weighted by molar-refractivity contribution is 9.10. The standard InChI is InChI=1S/C12H12BrN3OS/c13-8-4-7(5-9(14)6-8)12-15-11(16-17-12)10-2-1-3-18-10/h4-6,10H,1-3,14H2. The zero-order valence-corrected chi connectivity index (χ0v) is 12.0. The van der Waals surface area contributed by atoms with Gasteiger partial charge < -0.3 is 10.3 Å². The molecule has 3 rings (SSSR count). The Morgan fingerprint density at radius 2 is 2.28 bits per heavy atom. The molecule has 2 heterocycles. The van der Waals surface area contributed by atoms with Gasteiger partial charge in [-0.05, 0) is 36.8 Å². The van der Waals surface area contributed by atoms with Crippen LogP contribution in [0.5, 0.6) is 0 Å². The lowest BCUT2D eigenvalue weighted by atomic mass is 10.2. The SMILES string of the molecule is Nc1cc(Br)cc(-c2nc(C3CCCS3)no2)c1. The molecule has 1 unspecified atom stereocenters. The Balaban J connectivity index is 1.92. The van der Waals surface area contributed by atoms with Gasteiger partial charge in [-0.3, -0.25) is 0 Å². The fraction of sp³-hybridized carbons (Fsp3) is 0.333. The minimum Gasteiger partial charge on any atom is -0.399 e. The van der Waals surface area contributed by atoms with Crippen LogP contribution in [0, 0.1) is 0 Å². The highest BCUT2D eigenvalue weighted by Gasteiger charge is 2.23. The molecule has 1 atom stereocenters. The first-order chi connectivity index (χ1) is 8.72. The van der Waals surface area contributed by atoms with Crippen molar-refractivity contribution in [3.8, 4) is 11.5 Å². The molecule has 1 aliphatic heterocycles. The topological polar surface area (TPSA) is 64.9 Å². The first-order valence-electron chi connectivity index (χ1n) is 5.74. The Kier molecular flexibility index (Phi) is 3.30. The number of nitrogens with zero attached hydrogens (tertiary/aromatic N) is 2. The van der Waals surface area contributed by atoms with Gasteiger partial charge in [-0.2, -0.15) is 16.7 Å². The van der Waals surface area contributed by atoms with E-state index in [0.717, 1.165) is 22.3 Å². The van der Waals surface area contributed by atoms with Gasteiger partial charge in [0.1, 0.15) is 0 Å². The third-order valence-corrected chi connectivity index (χ3v) is 4.66. The Bertz CT molecular complexity index is 546. The van der Waals surface area contributed by atoms with Crippen LogP contribution < -0.4 is 5.73 Å². The summed E-state index contributed by atoms with van der Waals surface area (Å²) in [5, 5.41) is 4.45. The molecule has 4 nitrogen and oxygen atoms in total. The number of aromatic nitrogens is 2. The molecular weight excluding hydrogens is 314 g/mol. The first kappa shape index (κ1) is 12.0. The van der Waals surface area contributed by atoms with Crippen LogP contribution in [-0.4, -0.2) is 15.9 Å². The Morgan fingerprint density at radius 1 is 1.39 bits per heavy atom. The third-order valence-electron chi connectivity index (χ3n) is 2.83. The molecule has 18 heavy (non-hydrogen) atoms. The second kappa shape index (κ2) is 4.93. The molecule has 0 bridgehead atoms. The normalized spacial score (nSPS) is 19.3. The van der Waals surface area contributed by atoms with Gasteiger partial charge in [-0.15, -0.1) is 0 Å². The van der Waals surface area contributed by atoms with Crippen LogP contribution in [0.15, 0.2) is 27.2 Å². The fourth-order valence-corrected chi connectivity index (χ4v) is 3.71. The van der Waals surface area contributed by atoms with Crippen molar-refractivity contribution in [1.82, 2.24) is 10.1 Å². The number of benzene rings is 1. The third kappa shape index (κ3) is 2.40. The Labute approximate surface area is 117 Å². The largest absolute Gasteiger partial charge is 0.399 e. The van der Waals surface area contributed by atoms with Crippen molar-refractivity contribution < 1.29 is 4.52 Å². The number of hydrogen-bond acceptors (Lipinski definition) is 5. The lowest BCUT2D eigenvalue weighted by Gasteiger charge is -2.00. The molecule has 94 valence electrons. The number of rotatable bonds is 2. The zero-order chi connectivity index (χ0) is 12.5. The van der Waals surface area contributed by atoms with Crippen LogP contribution in [0.2, 0.25) is 0 Å². The van der Waals surface area contributed by atoms with Crippen molar-refractivity contribution in [3.05, 3.63) is 28.5 Å². The van der Waals surface area contributed by atoms with Crippen molar-refractivity contribution in [3.63, 3.8) is 0 Å². The molecule has 0 radical (unpaired) electrons. The van der Waals surface area contributed by atoms with Gasteiger partial charge in [0.2, 0.25) is 0 Å². The quantitative estimate of drug-likeness (QED) is 0.854. The van der Waals surface area contributed by atoms with E-state index in [2.05, 4.69) is 26.1 Å². The monoisotopic (exact) mass is 325 g/mol. The lowest BCUT2D eigenvalue weighted by Crippen LogP contribution is -1.91. The minimum atomic E-state index is 0.381. The number of nitrogen functional groups attached to an aromatic ring is 1. The van der Waals surface area contributed by atoms with Crippen LogP contribution in [-0.2, 0) is 0 Å². The van der Waals surface area contributed by atoms with E-state index >= 15 is 0 Å². The van der Waals surface area contributed by atoms with Crippen LogP contribution in [0.3, 0.4) is 0 Å². The van der Waals surface area contributed by atoms with Crippen molar-refractivity contribution in [2.75, 3.05) is 11.5 Å². The maximum atomic E-state index is 5.80. The highest BCUT2D eigenvalue weighted by Crippen LogP contribution is 2.39. The predicted molar refractivity (Wildman–Crippen MR) is 76.3 cm³/mol. The molecule has 1 fully saturated rings. The molecule has 1 aromatic carbocycles. The van der Waals surface area contributed by atoms with Gasteiger partial charge in [0.05, 0.1) is 5.25 Å². The fourth-order valence-electron chi connectivity index (χ4n) is 2.00. The number of hydrogen-bond donors (Lipinski definition) is 1. The molecule has 1 saturated heterocycles. The minimum absolute atomic E-state index is 0.381. The van der Waals surface area contributed by atoms with Crippen LogP contribution >= 0.6 is 27.7 Å². The Morgan fingerprint density at radius 3 is 3.00 bits per heavy atom. The summed E-state index contributed by atoms with van der Waals surface area (Å²) in [5.74, 6) is 2.51. The van der Waals surface area contributed by atoms with Crippen LogP contribution in [0.25, 0.3) is 11.5 Å². The molecule has 2 aromatic rings. The molecule has 1 aromatic heterocycles. The number of nitrogens with two attached hydrogens (primary N) is 1. The van der Waals surface area contributed by atoms with Gasteiger partial charge in [-0.1, -0.05) is 21.1 Å². The summed E-state index contributed by atoms with van der Waals surface area (Å²) in [5.41, 5.74) is 7.33. The van der Waals surface area contributed by atoms with Crippen LogP contribution in [0.4, 0.5) is 5.69 Å². The van der Waals surface area contributed by atoms with Crippen molar-refractivity contribution in [2.24, 2.45) is 0 Å². The molecule has 1 aliphatic rings. The molecule has 0 aliphatic carbocycles. The number of anilines is 1. The molecule has 0 amide bonds. The van der Waals surface area contributed by atoms with E-state index < -0.39 is 0 Å². The summed E-state index contributed by atoms with van der Waals surface area (Å²) in [7, 11) is 0. The average Bonchev–Trinajstić information content (AvgIpc) is 2.99. The molecular formula is C12H12BrN3OS. The van der Waals surface area contributed by atoms with E-state index in [-0.39, 0.29) is 0 Å². The summed E-state index contributed by atoms with van der Waals surface area (Å²) < 4.78 is 6.23. The summed E-state index contributed by atoms with van der Waals surface area (Å²) in [6.45, 7) is 0. The smallest absolute Gasteiger partial charge is 0.258 e. The van der Waals surface area contributed by atoms with E-state index in [9.17, 15) is 0 Å². The van der Waals surface area contributed by atoms with E-state index in [0.29, 0.717) is 16.8 Å². The van der Waals surface area contributed by atoms with E-state index in [1.807, 2.05) is 30.0 Å². The zero-order valence-electron chi connectivity index (χ0n) is 9.60. The maximum absolute atomic E-state index is 5.80. The summed E-state index contributed by atoms with van der Waals surface area (Å²) in [6.07, 6.45) is 2.35. The van der Waals surface area contributed by atoms with Crippen molar-refractivity contribution in [1.29, 1.82) is 0 Å². The molecule has 0 saturated carbocycles. The molecule has 0 spiro atoms. The summed E-state index contributed by atoms with van der Waals surface area (Å²) in [6, 6.07) is 5.60. The van der Waals surface area contributed by atoms with Gasteiger partial charge in [0, 0.05) is 15.7 Å². The van der Waals surface area contributed by atoms with Gasteiger partial charge in [0.15, 0.2) is 5.82 Å². The Hall–Kier alpha value is -1.01. The predicted octanol–water partition coefficient (Wildman–Crippen LogP) is 3.65. The second-order valence-electron chi connectivity index (χ2n) is 4.23. The first-order valence-corrected chi connectivity index (χ1v) is 7.58. The van der Waals surface area contributed by atoms with E-state index in [1.165, 1.54) is 12.2 Å². The molecule has 2 N–H and O–H groups in total.